The van der Waals surface area contributed by atoms with Crippen molar-refractivity contribution in [3.63, 3.8) is 0 Å². The van der Waals surface area contributed by atoms with E-state index in [1.165, 1.54) is 37.0 Å². The molecular formula is C16H28N2O2S. The van der Waals surface area contributed by atoms with Crippen LogP contribution in [0.1, 0.15) is 42.7 Å². The number of aliphatic hydroxyl groups excluding tert-OH is 1. The molecule has 1 aliphatic rings. The average molecular weight is 312 g/mol. The Morgan fingerprint density at radius 3 is 2.95 bits per heavy atom. The quantitative estimate of drug-likeness (QED) is 0.688. The highest BCUT2D eigenvalue weighted by molar-refractivity contribution is 7.09. The van der Waals surface area contributed by atoms with Crippen LogP contribution >= 0.6 is 11.3 Å². The lowest BCUT2D eigenvalue weighted by Crippen LogP contribution is -2.34. The Bertz CT molecular complexity index is 391. The number of ether oxygens (including phenoxy) is 1. The standard InChI is InChI=1S/C16H28N2O2S/c1-13-16(21-12-18-13)7-8-20-11-15(19)10-17-9-14-5-3-2-4-6-14/h12,14-15,17,19H,2-11H2,1H3. The largest absolute Gasteiger partial charge is 0.389 e. The van der Waals surface area contributed by atoms with Gasteiger partial charge in [-0.1, -0.05) is 19.3 Å². The van der Waals surface area contributed by atoms with Crippen LogP contribution in [0.25, 0.3) is 0 Å². The third-order valence-corrected chi connectivity index (χ3v) is 5.16. The van der Waals surface area contributed by atoms with Crippen LogP contribution in [0.4, 0.5) is 0 Å². The molecule has 2 rings (SSSR count). The van der Waals surface area contributed by atoms with Gasteiger partial charge in [-0.2, -0.15) is 0 Å². The molecule has 2 N–H and O–H groups in total. The minimum atomic E-state index is -0.406. The summed E-state index contributed by atoms with van der Waals surface area (Å²) in [6, 6.07) is 0. The number of aromatic nitrogens is 1. The van der Waals surface area contributed by atoms with Gasteiger partial charge in [0.05, 0.1) is 30.5 Å². The van der Waals surface area contributed by atoms with Gasteiger partial charge in [-0.25, -0.2) is 4.98 Å². The molecule has 5 heteroatoms. The van der Waals surface area contributed by atoms with Crippen molar-refractivity contribution in [2.75, 3.05) is 26.3 Å². The number of aryl methyl sites for hydroxylation is 1. The third-order valence-electron chi connectivity index (χ3n) is 4.17. The Balaban J connectivity index is 1.47. The van der Waals surface area contributed by atoms with Gasteiger partial charge < -0.3 is 15.2 Å². The Kier molecular flexibility index (Phi) is 7.64. The van der Waals surface area contributed by atoms with Crippen molar-refractivity contribution in [2.45, 2.75) is 51.6 Å². The summed E-state index contributed by atoms with van der Waals surface area (Å²) in [7, 11) is 0. The van der Waals surface area contributed by atoms with Gasteiger partial charge in [0.1, 0.15) is 0 Å². The van der Waals surface area contributed by atoms with Crippen molar-refractivity contribution in [3.05, 3.63) is 16.1 Å². The molecule has 0 bridgehead atoms. The molecule has 0 amide bonds. The van der Waals surface area contributed by atoms with Crippen molar-refractivity contribution >= 4 is 11.3 Å². The van der Waals surface area contributed by atoms with Gasteiger partial charge in [0.2, 0.25) is 0 Å². The topological polar surface area (TPSA) is 54.4 Å². The Morgan fingerprint density at radius 2 is 2.24 bits per heavy atom. The van der Waals surface area contributed by atoms with E-state index in [-0.39, 0.29) is 0 Å². The van der Waals surface area contributed by atoms with Crippen LogP contribution in [0.3, 0.4) is 0 Å². The van der Waals surface area contributed by atoms with Gasteiger partial charge in [-0.05, 0) is 32.2 Å². The van der Waals surface area contributed by atoms with Crippen LogP contribution < -0.4 is 5.32 Å². The van der Waals surface area contributed by atoms with Crippen molar-refractivity contribution in [2.24, 2.45) is 5.92 Å². The predicted molar refractivity (Wildman–Crippen MR) is 86.8 cm³/mol. The molecule has 0 saturated heterocycles. The van der Waals surface area contributed by atoms with E-state index < -0.39 is 6.10 Å². The zero-order chi connectivity index (χ0) is 14.9. The van der Waals surface area contributed by atoms with E-state index >= 15 is 0 Å². The van der Waals surface area contributed by atoms with Gasteiger partial charge in [0, 0.05) is 17.8 Å². The van der Waals surface area contributed by atoms with Gasteiger partial charge in [-0.3, -0.25) is 0 Å². The summed E-state index contributed by atoms with van der Waals surface area (Å²) < 4.78 is 5.56. The SMILES string of the molecule is Cc1ncsc1CCOCC(O)CNCC1CCCCC1. The van der Waals surface area contributed by atoms with E-state index in [1.807, 2.05) is 12.4 Å². The number of nitrogens with one attached hydrogen (secondary N) is 1. The zero-order valence-corrected chi connectivity index (χ0v) is 13.8. The second-order valence-corrected chi connectivity index (χ2v) is 6.94. The summed E-state index contributed by atoms with van der Waals surface area (Å²) in [4.78, 5) is 5.50. The van der Waals surface area contributed by atoms with Gasteiger partial charge in [0.15, 0.2) is 0 Å². The van der Waals surface area contributed by atoms with Crippen molar-refractivity contribution in [1.29, 1.82) is 0 Å². The molecule has 1 atom stereocenters. The fourth-order valence-electron chi connectivity index (χ4n) is 2.85. The number of thiazole rings is 1. The molecule has 0 aromatic carbocycles. The number of nitrogens with zero attached hydrogens (tertiary/aromatic N) is 1. The molecule has 21 heavy (non-hydrogen) atoms. The van der Waals surface area contributed by atoms with Gasteiger partial charge in [-0.15, -0.1) is 11.3 Å². The third kappa shape index (κ3) is 6.43. The number of rotatable bonds is 9. The van der Waals surface area contributed by atoms with Crippen molar-refractivity contribution in [3.8, 4) is 0 Å². The first kappa shape index (κ1) is 16.9. The maximum Gasteiger partial charge on any atom is 0.0897 e. The molecule has 1 unspecified atom stereocenters. The van der Waals surface area contributed by atoms with Gasteiger partial charge in [0.25, 0.3) is 0 Å². The van der Waals surface area contributed by atoms with Crippen molar-refractivity contribution in [1.82, 2.24) is 10.3 Å². The molecule has 120 valence electrons. The van der Waals surface area contributed by atoms with Crippen LogP contribution in [0.15, 0.2) is 5.51 Å². The Labute approximate surface area is 131 Å². The fourth-order valence-corrected chi connectivity index (χ4v) is 3.62. The molecule has 1 fully saturated rings. The van der Waals surface area contributed by atoms with Crippen LogP contribution in [0.2, 0.25) is 0 Å². The smallest absolute Gasteiger partial charge is 0.0897 e. The lowest BCUT2D eigenvalue weighted by molar-refractivity contribution is 0.0379. The van der Waals surface area contributed by atoms with E-state index in [4.69, 9.17) is 4.74 Å². The summed E-state index contributed by atoms with van der Waals surface area (Å²) in [5, 5.41) is 13.3. The van der Waals surface area contributed by atoms with E-state index in [0.717, 1.165) is 24.6 Å². The van der Waals surface area contributed by atoms with Crippen LogP contribution in [-0.4, -0.2) is 42.5 Å². The minimum absolute atomic E-state index is 0.406. The second-order valence-electron chi connectivity index (χ2n) is 6.00. The van der Waals surface area contributed by atoms with Crippen LogP contribution in [0.5, 0.6) is 0 Å². The van der Waals surface area contributed by atoms with Crippen LogP contribution in [0, 0.1) is 12.8 Å². The van der Waals surface area contributed by atoms with Crippen LogP contribution in [-0.2, 0) is 11.2 Å². The fraction of sp³-hybridized carbons (Fsp3) is 0.812. The summed E-state index contributed by atoms with van der Waals surface area (Å²) in [6.07, 6.45) is 7.30. The second kappa shape index (κ2) is 9.51. The lowest BCUT2D eigenvalue weighted by atomic mass is 9.89. The predicted octanol–water partition coefficient (Wildman–Crippen LogP) is 2.54. The molecule has 1 aromatic heterocycles. The monoisotopic (exact) mass is 312 g/mol. The molecule has 1 aromatic rings. The maximum absolute atomic E-state index is 9.89. The number of aliphatic hydroxyl groups is 1. The molecule has 0 radical (unpaired) electrons. The molecular weight excluding hydrogens is 284 g/mol. The van der Waals surface area contributed by atoms with E-state index in [1.54, 1.807) is 11.3 Å². The van der Waals surface area contributed by atoms with E-state index in [2.05, 4.69) is 10.3 Å². The number of hydrogen-bond donors (Lipinski definition) is 2. The first-order chi connectivity index (χ1) is 10.3. The minimum Gasteiger partial charge on any atom is -0.389 e. The first-order valence-corrected chi connectivity index (χ1v) is 8.99. The molecule has 0 spiro atoms. The number of hydrogen-bond acceptors (Lipinski definition) is 5. The van der Waals surface area contributed by atoms with E-state index in [0.29, 0.717) is 19.8 Å². The zero-order valence-electron chi connectivity index (χ0n) is 13.0. The highest BCUT2D eigenvalue weighted by Gasteiger charge is 2.13. The molecule has 0 aliphatic heterocycles. The summed E-state index contributed by atoms with van der Waals surface area (Å²) in [5.74, 6) is 0.807. The summed E-state index contributed by atoms with van der Waals surface area (Å²) >= 11 is 1.67. The normalized spacial score (nSPS) is 18.0. The average Bonchev–Trinajstić information content (AvgIpc) is 2.90. The maximum atomic E-state index is 9.89. The highest BCUT2D eigenvalue weighted by Crippen LogP contribution is 2.22. The summed E-state index contributed by atoms with van der Waals surface area (Å²) in [6.45, 7) is 4.77. The molecule has 1 aliphatic carbocycles. The van der Waals surface area contributed by atoms with Crippen molar-refractivity contribution < 1.29 is 9.84 Å². The highest BCUT2D eigenvalue weighted by atomic mass is 32.1. The first-order valence-electron chi connectivity index (χ1n) is 8.11. The lowest BCUT2D eigenvalue weighted by Gasteiger charge is -2.22. The Morgan fingerprint density at radius 1 is 1.43 bits per heavy atom. The molecule has 4 nitrogen and oxygen atoms in total. The van der Waals surface area contributed by atoms with Gasteiger partial charge >= 0.3 is 0 Å². The van der Waals surface area contributed by atoms with E-state index in [9.17, 15) is 5.11 Å². The molecule has 1 heterocycles. The Hall–Kier alpha value is -0.490. The molecule has 1 saturated carbocycles. The summed E-state index contributed by atoms with van der Waals surface area (Å²) in [5.41, 5.74) is 2.97.